The molecule has 0 spiro atoms. The monoisotopic (exact) mass is 308 g/mol. The number of aryl methyl sites for hydroxylation is 4. The number of rotatable bonds is 3. The molecule has 118 valence electrons. The van der Waals surface area contributed by atoms with E-state index in [9.17, 15) is 4.79 Å². The van der Waals surface area contributed by atoms with Crippen molar-refractivity contribution in [3.05, 3.63) is 58.0 Å². The van der Waals surface area contributed by atoms with E-state index in [1.807, 2.05) is 52.0 Å². The standard InChI is InChI=1S/C18H20N4O/c1-10-5-6-14-15(8-11(2)20-17(14)7-10)18(23)19-9-16-12(3)21-22-13(16)4/h5-8H,9H2,1-4H3,(H,19,23)(H,21,22). The largest absolute Gasteiger partial charge is 0.348 e. The topological polar surface area (TPSA) is 70.7 Å². The summed E-state index contributed by atoms with van der Waals surface area (Å²) in [4.78, 5) is 17.2. The first-order valence-electron chi connectivity index (χ1n) is 7.62. The van der Waals surface area contributed by atoms with Crippen molar-refractivity contribution in [1.29, 1.82) is 0 Å². The molecule has 0 aliphatic rings. The highest BCUT2D eigenvalue weighted by Crippen LogP contribution is 2.20. The number of aromatic nitrogens is 3. The lowest BCUT2D eigenvalue weighted by atomic mass is 10.0. The predicted octanol–water partition coefficient (Wildman–Crippen LogP) is 3.12. The zero-order valence-corrected chi connectivity index (χ0v) is 13.8. The van der Waals surface area contributed by atoms with Crippen molar-refractivity contribution in [2.45, 2.75) is 34.2 Å². The van der Waals surface area contributed by atoms with E-state index in [0.29, 0.717) is 12.1 Å². The van der Waals surface area contributed by atoms with Crippen LogP contribution in [0.15, 0.2) is 24.3 Å². The molecule has 0 unspecified atom stereocenters. The van der Waals surface area contributed by atoms with Crippen molar-refractivity contribution in [2.24, 2.45) is 0 Å². The van der Waals surface area contributed by atoms with Crippen LogP contribution < -0.4 is 5.32 Å². The molecule has 0 saturated carbocycles. The lowest BCUT2D eigenvalue weighted by molar-refractivity contribution is 0.0952. The molecule has 0 radical (unpaired) electrons. The van der Waals surface area contributed by atoms with Gasteiger partial charge in [0.2, 0.25) is 0 Å². The van der Waals surface area contributed by atoms with Crippen LogP contribution in [-0.4, -0.2) is 21.1 Å². The molecule has 3 rings (SSSR count). The number of carbonyl (C=O) groups excluding carboxylic acids is 1. The quantitative estimate of drug-likeness (QED) is 0.781. The average molecular weight is 308 g/mol. The minimum absolute atomic E-state index is 0.0932. The Balaban J connectivity index is 1.92. The van der Waals surface area contributed by atoms with Gasteiger partial charge in [0.25, 0.3) is 5.91 Å². The van der Waals surface area contributed by atoms with Crippen molar-refractivity contribution in [2.75, 3.05) is 0 Å². The summed E-state index contributed by atoms with van der Waals surface area (Å²) < 4.78 is 0. The van der Waals surface area contributed by atoms with Crippen molar-refractivity contribution in [1.82, 2.24) is 20.5 Å². The molecule has 2 N–H and O–H groups in total. The molecule has 2 aromatic heterocycles. The molecule has 0 aliphatic carbocycles. The summed E-state index contributed by atoms with van der Waals surface area (Å²) in [5, 5.41) is 11.0. The number of benzene rings is 1. The maximum Gasteiger partial charge on any atom is 0.252 e. The Bertz CT molecular complexity index is 871. The third-order valence-electron chi connectivity index (χ3n) is 4.04. The van der Waals surface area contributed by atoms with E-state index in [1.54, 1.807) is 0 Å². The molecule has 0 aliphatic heterocycles. The van der Waals surface area contributed by atoms with Crippen molar-refractivity contribution >= 4 is 16.8 Å². The number of aromatic amines is 1. The fourth-order valence-electron chi connectivity index (χ4n) is 2.76. The first-order valence-corrected chi connectivity index (χ1v) is 7.62. The van der Waals surface area contributed by atoms with Gasteiger partial charge < -0.3 is 5.32 Å². The zero-order valence-electron chi connectivity index (χ0n) is 13.8. The number of nitrogens with one attached hydrogen (secondary N) is 2. The number of amides is 1. The molecule has 5 heteroatoms. The molecule has 0 atom stereocenters. The first-order chi connectivity index (χ1) is 11.0. The Morgan fingerprint density at radius 3 is 2.65 bits per heavy atom. The van der Waals surface area contributed by atoms with E-state index in [0.717, 1.165) is 39.1 Å². The van der Waals surface area contributed by atoms with Crippen molar-refractivity contribution < 1.29 is 4.79 Å². The maximum atomic E-state index is 12.6. The Morgan fingerprint density at radius 2 is 1.96 bits per heavy atom. The van der Waals surface area contributed by atoms with Crippen LogP contribution in [0.3, 0.4) is 0 Å². The lowest BCUT2D eigenvalue weighted by Crippen LogP contribution is -2.24. The minimum atomic E-state index is -0.0932. The molecule has 23 heavy (non-hydrogen) atoms. The summed E-state index contributed by atoms with van der Waals surface area (Å²) in [6.45, 7) is 8.27. The summed E-state index contributed by atoms with van der Waals surface area (Å²) in [5.41, 5.74) is 6.40. The molecule has 0 bridgehead atoms. The third kappa shape index (κ3) is 2.95. The predicted molar refractivity (Wildman–Crippen MR) is 90.4 cm³/mol. The summed E-state index contributed by atoms with van der Waals surface area (Å²) in [5.74, 6) is -0.0932. The third-order valence-corrected chi connectivity index (χ3v) is 4.04. The number of fused-ring (bicyclic) bond motifs is 1. The van der Waals surface area contributed by atoms with E-state index >= 15 is 0 Å². The van der Waals surface area contributed by atoms with Gasteiger partial charge in [-0.25, -0.2) is 0 Å². The first kappa shape index (κ1) is 15.2. The number of hydrogen-bond donors (Lipinski definition) is 2. The molecule has 1 aromatic carbocycles. The molecule has 3 aromatic rings. The average Bonchev–Trinajstić information content (AvgIpc) is 2.82. The van der Waals surface area contributed by atoms with Gasteiger partial charge >= 0.3 is 0 Å². The van der Waals surface area contributed by atoms with Crippen LogP contribution in [0.4, 0.5) is 0 Å². The number of carbonyl (C=O) groups is 1. The van der Waals surface area contributed by atoms with Gasteiger partial charge in [0.15, 0.2) is 0 Å². The van der Waals surface area contributed by atoms with Gasteiger partial charge in [0.05, 0.1) is 16.8 Å². The minimum Gasteiger partial charge on any atom is -0.348 e. The fraction of sp³-hybridized carbons (Fsp3) is 0.278. The van der Waals surface area contributed by atoms with E-state index in [1.165, 1.54) is 0 Å². The van der Waals surface area contributed by atoms with Gasteiger partial charge in [-0.05, 0) is 45.4 Å². The second-order valence-electron chi connectivity index (χ2n) is 5.93. The number of pyridine rings is 1. The lowest BCUT2D eigenvalue weighted by Gasteiger charge is -2.10. The van der Waals surface area contributed by atoms with Crippen LogP contribution in [0, 0.1) is 27.7 Å². The van der Waals surface area contributed by atoms with Crippen LogP contribution in [0.25, 0.3) is 10.9 Å². The van der Waals surface area contributed by atoms with Gasteiger partial charge in [-0.1, -0.05) is 12.1 Å². The number of nitrogens with zero attached hydrogens (tertiary/aromatic N) is 2. The van der Waals surface area contributed by atoms with Crippen LogP contribution >= 0.6 is 0 Å². The van der Waals surface area contributed by atoms with Crippen LogP contribution in [0.5, 0.6) is 0 Å². The molecule has 2 heterocycles. The Morgan fingerprint density at radius 1 is 1.17 bits per heavy atom. The van der Waals surface area contributed by atoms with Gasteiger partial charge in [-0.3, -0.25) is 14.9 Å². The van der Waals surface area contributed by atoms with Crippen LogP contribution in [-0.2, 0) is 6.54 Å². The molecule has 0 fully saturated rings. The molecule has 0 saturated heterocycles. The maximum absolute atomic E-state index is 12.6. The van der Waals surface area contributed by atoms with E-state index in [-0.39, 0.29) is 5.91 Å². The number of hydrogen-bond acceptors (Lipinski definition) is 3. The normalized spacial score (nSPS) is 11.0. The second kappa shape index (κ2) is 5.83. The van der Waals surface area contributed by atoms with Crippen LogP contribution in [0.1, 0.15) is 38.6 Å². The van der Waals surface area contributed by atoms with E-state index < -0.39 is 0 Å². The van der Waals surface area contributed by atoms with Crippen LogP contribution in [0.2, 0.25) is 0 Å². The summed E-state index contributed by atoms with van der Waals surface area (Å²) >= 11 is 0. The van der Waals surface area contributed by atoms with Crippen molar-refractivity contribution in [3.8, 4) is 0 Å². The van der Waals surface area contributed by atoms with Gasteiger partial charge in [-0.2, -0.15) is 5.10 Å². The smallest absolute Gasteiger partial charge is 0.252 e. The summed E-state index contributed by atoms with van der Waals surface area (Å²) in [7, 11) is 0. The SMILES string of the molecule is Cc1ccc2c(C(=O)NCc3c(C)n[nH]c3C)cc(C)nc2c1. The van der Waals surface area contributed by atoms with Gasteiger partial charge in [0, 0.05) is 28.9 Å². The molecule has 5 nitrogen and oxygen atoms in total. The Labute approximate surface area is 135 Å². The summed E-state index contributed by atoms with van der Waals surface area (Å²) in [6.07, 6.45) is 0. The fourth-order valence-corrected chi connectivity index (χ4v) is 2.76. The highest BCUT2D eigenvalue weighted by molar-refractivity contribution is 6.06. The highest BCUT2D eigenvalue weighted by atomic mass is 16.1. The Kier molecular flexibility index (Phi) is 3.86. The zero-order chi connectivity index (χ0) is 16.6. The van der Waals surface area contributed by atoms with Crippen molar-refractivity contribution in [3.63, 3.8) is 0 Å². The molecular formula is C18H20N4O. The van der Waals surface area contributed by atoms with E-state index in [2.05, 4.69) is 20.5 Å². The van der Waals surface area contributed by atoms with Gasteiger partial charge in [-0.15, -0.1) is 0 Å². The molecule has 1 amide bonds. The van der Waals surface area contributed by atoms with Gasteiger partial charge in [0.1, 0.15) is 0 Å². The second-order valence-corrected chi connectivity index (χ2v) is 5.93. The summed E-state index contributed by atoms with van der Waals surface area (Å²) in [6, 6.07) is 7.80. The number of H-pyrrole nitrogens is 1. The van der Waals surface area contributed by atoms with E-state index in [4.69, 9.17) is 0 Å². The Hall–Kier alpha value is -2.69. The molecular weight excluding hydrogens is 288 g/mol. The highest BCUT2D eigenvalue weighted by Gasteiger charge is 2.14.